The molecule has 1 heterocycles. The van der Waals surface area contributed by atoms with Gasteiger partial charge in [-0.05, 0) is 30.0 Å². The Bertz CT molecular complexity index is 566. The first kappa shape index (κ1) is 11.5. The maximum absolute atomic E-state index is 11.3. The van der Waals surface area contributed by atoms with E-state index >= 15 is 0 Å². The molecule has 4 N–H and O–H groups in total. The Labute approximate surface area is 102 Å². The van der Waals surface area contributed by atoms with Gasteiger partial charge in [0.25, 0.3) is 0 Å². The standard InChI is InChI=1S/C10H11N5OS/c1-15-10(13-5-14-15)17-8-3-2-6(11)4-7(8)9(12)16/h2-5H,11H2,1H3,(H2,12,16). The fourth-order valence-electron chi connectivity index (χ4n) is 1.31. The predicted molar refractivity (Wildman–Crippen MR) is 64.5 cm³/mol. The number of hydrogen-bond acceptors (Lipinski definition) is 5. The highest BCUT2D eigenvalue weighted by Gasteiger charge is 2.12. The molecule has 17 heavy (non-hydrogen) atoms. The number of amides is 1. The van der Waals surface area contributed by atoms with Crippen molar-refractivity contribution in [3.8, 4) is 0 Å². The molecule has 0 atom stereocenters. The third-order valence-electron chi connectivity index (χ3n) is 2.14. The topological polar surface area (TPSA) is 99.8 Å². The fraction of sp³-hybridized carbons (Fsp3) is 0.100. The first-order valence-electron chi connectivity index (χ1n) is 4.79. The van der Waals surface area contributed by atoms with Gasteiger partial charge in [0.15, 0.2) is 5.16 Å². The number of benzene rings is 1. The Balaban J connectivity index is 2.39. The van der Waals surface area contributed by atoms with E-state index < -0.39 is 5.91 Å². The summed E-state index contributed by atoms with van der Waals surface area (Å²) in [5.41, 5.74) is 11.8. The average Bonchev–Trinajstić information content (AvgIpc) is 2.67. The van der Waals surface area contributed by atoms with Gasteiger partial charge in [0.2, 0.25) is 5.91 Å². The van der Waals surface area contributed by atoms with Crippen molar-refractivity contribution >= 4 is 23.4 Å². The number of carbonyl (C=O) groups excluding carboxylic acids is 1. The van der Waals surface area contributed by atoms with E-state index in [9.17, 15) is 4.79 Å². The van der Waals surface area contributed by atoms with Gasteiger partial charge in [0, 0.05) is 17.6 Å². The molecule has 2 aromatic rings. The summed E-state index contributed by atoms with van der Waals surface area (Å²) < 4.78 is 1.62. The Hall–Kier alpha value is -2.02. The highest BCUT2D eigenvalue weighted by Crippen LogP contribution is 2.29. The number of carbonyl (C=O) groups is 1. The van der Waals surface area contributed by atoms with Crippen LogP contribution in [0.3, 0.4) is 0 Å². The van der Waals surface area contributed by atoms with Crippen LogP contribution in [0.15, 0.2) is 34.6 Å². The number of nitrogen functional groups attached to an aromatic ring is 1. The number of nitrogens with zero attached hydrogens (tertiary/aromatic N) is 3. The second kappa shape index (κ2) is 4.46. The van der Waals surface area contributed by atoms with Crippen molar-refractivity contribution < 1.29 is 4.79 Å². The van der Waals surface area contributed by atoms with Crippen LogP contribution in [0.2, 0.25) is 0 Å². The van der Waals surface area contributed by atoms with Crippen LogP contribution in [0.1, 0.15) is 10.4 Å². The van der Waals surface area contributed by atoms with Crippen molar-refractivity contribution in [2.24, 2.45) is 12.8 Å². The summed E-state index contributed by atoms with van der Waals surface area (Å²) in [6.45, 7) is 0. The van der Waals surface area contributed by atoms with Gasteiger partial charge < -0.3 is 11.5 Å². The van der Waals surface area contributed by atoms with Crippen molar-refractivity contribution in [2.45, 2.75) is 10.1 Å². The summed E-state index contributed by atoms with van der Waals surface area (Å²) in [4.78, 5) is 16.1. The first-order chi connectivity index (χ1) is 8.08. The van der Waals surface area contributed by atoms with E-state index in [1.165, 1.54) is 18.1 Å². The summed E-state index contributed by atoms with van der Waals surface area (Å²) in [6.07, 6.45) is 1.45. The van der Waals surface area contributed by atoms with Crippen molar-refractivity contribution in [3.63, 3.8) is 0 Å². The Morgan fingerprint density at radius 1 is 1.47 bits per heavy atom. The number of nitrogens with two attached hydrogens (primary N) is 2. The minimum atomic E-state index is -0.512. The zero-order valence-electron chi connectivity index (χ0n) is 9.12. The van der Waals surface area contributed by atoms with E-state index in [2.05, 4.69) is 10.1 Å². The normalized spacial score (nSPS) is 10.4. The molecule has 0 unspecified atom stereocenters. The zero-order valence-corrected chi connectivity index (χ0v) is 9.94. The summed E-state index contributed by atoms with van der Waals surface area (Å²) in [6, 6.07) is 5.01. The number of anilines is 1. The molecule has 1 amide bonds. The zero-order chi connectivity index (χ0) is 12.4. The second-order valence-corrected chi connectivity index (χ2v) is 4.40. The van der Waals surface area contributed by atoms with Crippen LogP contribution in [0.5, 0.6) is 0 Å². The second-order valence-electron chi connectivity index (χ2n) is 3.39. The third-order valence-corrected chi connectivity index (χ3v) is 3.27. The van der Waals surface area contributed by atoms with Crippen molar-refractivity contribution in [3.05, 3.63) is 30.1 Å². The van der Waals surface area contributed by atoms with Crippen LogP contribution in [0, 0.1) is 0 Å². The molecule has 0 aliphatic rings. The van der Waals surface area contributed by atoms with Gasteiger partial charge in [-0.1, -0.05) is 0 Å². The van der Waals surface area contributed by atoms with E-state index in [0.717, 1.165) is 0 Å². The molecule has 0 spiro atoms. The van der Waals surface area contributed by atoms with Gasteiger partial charge in [0.1, 0.15) is 6.33 Å². The highest BCUT2D eigenvalue weighted by atomic mass is 32.2. The maximum atomic E-state index is 11.3. The molecule has 88 valence electrons. The summed E-state index contributed by atoms with van der Waals surface area (Å²) in [7, 11) is 1.77. The minimum Gasteiger partial charge on any atom is -0.399 e. The van der Waals surface area contributed by atoms with E-state index in [0.29, 0.717) is 21.3 Å². The van der Waals surface area contributed by atoms with Crippen molar-refractivity contribution in [2.75, 3.05) is 5.73 Å². The van der Waals surface area contributed by atoms with E-state index in [1.54, 1.807) is 29.9 Å². The van der Waals surface area contributed by atoms with Gasteiger partial charge in [-0.15, -0.1) is 0 Å². The molecule has 2 rings (SSSR count). The van der Waals surface area contributed by atoms with Gasteiger partial charge >= 0.3 is 0 Å². The Morgan fingerprint density at radius 3 is 2.82 bits per heavy atom. The molecule has 0 aliphatic carbocycles. The summed E-state index contributed by atoms with van der Waals surface area (Å²) in [5, 5.41) is 4.63. The van der Waals surface area contributed by atoms with Crippen LogP contribution < -0.4 is 11.5 Å². The van der Waals surface area contributed by atoms with Crippen molar-refractivity contribution in [1.82, 2.24) is 14.8 Å². The van der Waals surface area contributed by atoms with Crippen LogP contribution in [-0.4, -0.2) is 20.7 Å². The number of aryl methyl sites for hydroxylation is 1. The quantitative estimate of drug-likeness (QED) is 0.778. The molecule has 0 fully saturated rings. The Morgan fingerprint density at radius 2 is 2.24 bits per heavy atom. The van der Waals surface area contributed by atoms with E-state index in [-0.39, 0.29) is 0 Å². The lowest BCUT2D eigenvalue weighted by Crippen LogP contribution is -2.12. The molecule has 1 aromatic heterocycles. The molecule has 0 bridgehead atoms. The number of aromatic nitrogens is 3. The van der Waals surface area contributed by atoms with E-state index in [1.807, 2.05) is 0 Å². The van der Waals surface area contributed by atoms with Crippen molar-refractivity contribution in [1.29, 1.82) is 0 Å². The lowest BCUT2D eigenvalue weighted by Gasteiger charge is -2.06. The van der Waals surface area contributed by atoms with E-state index in [4.69, 9.17) is 11.5 Å². The molecular formula is C10H11N5OS. The Kier molecular flexibility index (Phi) is 3.01. The monoisotopic (exact) mass is 249 g/mol. The predicted octanol–water partition coefficient (Wildman–Crippen LogP) is 0.647. The van der Waals surface area contributed by atoms with Gasteiger partial charge in [0.05, 0.1) is 5.56 Å². The fourth-order valence-corrected chi connectivity index (χ4v) is 2.19. The SMILES string of the molecule is Cn1ncnc1Sc1ccc(N)cc1C(N)=O. The van der Waals surface area contributed by atoms with Crippen LogP contribution in [0.4, 0.5) is 5.69 Å². The van der Waals surface area contributed by atoms with Gasteiger partial charge in [-0.25, -0.2) is 9.67 Å². The van der Waals surface area contributed by atoms with Crippen LogP contribution >= 0.6 is 11.8 Å². The summed E-state index contributed by atoms with van der Waals surface area (Å²) in [5.74, 6) is -0.512. The molecular weight excluding hydrogens is 238 g/mol. The number of rotatable bonds is 3. The largest absolute Gasteiger partial charge is 0.399 e. The summed E-state index contributed by atoms with van der Waals surface area (Å²) >= 11 is 1.32. The molecule has 0 saturated heterocycles. The third kappa shape index (κ3) is 2.39. The van der Waals surface area contributed by atoms with Crippen LogP contribution in [-0.2, 0) is 7.05 Å². The molecule has 1 aromatic carbocycles. The number of primary amides is 1. The maximum Gasteiger partial charge on any atom is 0.249 e. The molecule has 0 aliphatic heterocycles. The average molecular weight is 249 g/mol. The highest BCUT2D eigenvalue weighted by molar-refractivity contribution is 7.99. The lowest BCUT2D eigenvalue weighted by molar-refractivity contribution is 0.0997. The van der Waals surface area contributed by atoms with Gasteiger partial charge in [-0.3, -0.25) is 4.79 Å². The number of hydrogen-bond donors (Lipinski definition) is 2. The first-order valence-corrected chi connectivity index (χ1v) is 5.61. The lowest BCUT2D eigenvalue weighted by atomic mass is 10.2. The smallest absolute Gasteiger partial charge is 0.249 e. The molecule has 0 saturated carbocycles. The van der Waals surface area contributed by atoms with Crippen LogP contribution in [0.25, 0.3) is 0 Å². The van der Waals surface area contributed by atoms with Gasteiger partial charge in [-0.2, -0.15) is 5.10 Å². The minimum absolute atomic E-state index is 0.387. The molecule has 7 heteroatoms. The molecule has 0 radical (unpaired) electrons. The molecule has 6 nitrogen and oxygen atoms in total.